The maximum absolute atomic E-state index is 5.88. The molecule has 1 aliphatic rings. The van der Waals surface area contributed by atoms with E-state index >= 15 is 0 Å². The van der Waals surface area contributed by atoms with Gasteiger partial charge in [-0.25, -0.2) is 0 Å². The molecule has 0 aromatic heterocycles. The van der Waals surface area contributed by atoms with Crippen LogP contribution in [0.3, 0.4) is 0 Å². The number of halogens is 1. The minimum Gasteiger partial charge on any atom is -0.370 e. The number of nitrogens with zero attached hydrogens (tertiary/aromatic N) is 1. The molecule has 2 rings (SSSR count). The van der Waals surface area contributed by atoms with E-state index in [1.165, 1.54) is 36.8 Å². The third-order valence-corrected chi connectivity index (χ3v) is 3.82. The van der Waals surface area contributed by atoms with Gasteiger partial charge in [-0.15, -0.1) is 24.0 Å². The van der Waals surface area contributed by atoms with Crippen LogP contribution < -0.4 is 11.1 Å². The second kappa shape index (κ2) is 7.72. The number of aryl methyl sites for hydroxylation is 2. The summed E-state index contributed by atoms with van der Waals surface area (Å²) in [5.41, 5.74) is 9.45. The van der Waals surface area contributed by atoms with Crippen LogP contribution in [0.4, 0.5) is 5.69 Å². The first kappa shape index (κ1) is 16.3. The summed E-state index contributed by atoms with van der Waals surface area (Å²) in [5.74, 6) is 1.42. The maximum Gasteiger partial charge on any atom is 0.193 e. The van der Waals surface area contributed by atoms with Crippen molar-refractivity contribution in [2.75, 3.05) is 11.9 Å². The van der Waals surface area contributed by atoms with Crippen LogP contribution in [0.5, 0.6) is 0 Å². The van der Waals surface area contributed by atoms with Crippen molar-refractivity contribution in [3.63, 3.8) is 0 Å². The molecule has 1 fully saturated rings. The number of nitrogens with two attached hydrogens (primary N) is 1. The van der Waals surface area contributed by atoms with E-state index in [0.29, 0.717) is 5.96 Å². The molecule has 0 unspecified atom stereocenters. The van der Waals surface area contributed by atoms with Gasteiger partial charge in [0.15, 0.2) is 5.96 Å². The highest BCUT2D eigenvalue weighted by molar-refractivity contribution is 14.0. The summed E-state index contributed by atoms with van der Waals surface area (Å²) in [4.78, 5) is 4.38. The molecule has 3 N–H and O–H groups in total. The summed E-state index contributed by atoms with van der Waals surface area (Å²) in [6.07, 6.45) is 5.32. The van der Waals surface area contributed by atoms with E-state index < -0.39 is 0 Å². The van der Waals surface area contributed by atoms with Crippen LogP contribution in [-0.2, 0) is 0 Å². The van der Waals surface area contributed by atoms with Crippen LogP contribution in [0, 0.1) is 19.8 Å². The topological polar surface area (TPSA) is 50.4 Å². The number of hydrogen-bond donors (Lipinski definition) is 2. The van der Waals surface area contributed by atoms with Crippen molar-refractivity contribution < 1.29 is 0 Å². The molecule has 1 aliphatic carbocycles. The van der Waals surface area contributed by atoms with Crippen LogP contribution in [0.15, 0.2) is 23.2 Å². The van der Waals surface area contributed by atoms with Crippen molar-refractivity contribution in [3.05, 3.63) is 29.3 Å². The lowest BCUT2D eigenvalue weighted by Crippen LogP contribution is -2.23. The molecule has 106 valence electrons. The van der Waals surface area contributed by atoms with Gasteiger partial charge in [0, 0.05) is 12.2 Å². The Labute approximate surface area is 133 Å². The lowest BCUT2D eigenvalue weighted by atomic mass is 9.83. The smallest absolute Gasteiger partial charge is 0.193 e. The van der Waals surface area contributed by atoms with Crippen LogP contribution in [-0.4, -0.2) is 12.5 Å². The van der Waals surface area contributed by atoms with Gasteiger partial charge in [-0.2, -0.15) is 0 Å². The molecule has 3 nitrogen and oxygen atoms in total. The predicted molar refractivity (Wildman–Crippen MR) is 93.4 cm³/mol. The molecular formula is C15H24IN3. The molecular weight excluding hydrogens is 349 g/mol. The quantitative estimate of drug-likeness (QED) is 0.479. The zero-order valence-corrected chi connectivity index (χ0v) is 14.1. The predicted octanol–water partition coefficient (Wildman–Crippen LogP) is 3.84. The van der Waals surface area contributed by atoms with Gasteiger partial charge in [-0.1, -0.05) is 25.3 Å². The van der Waals surface area contributed by atoms with Gasteiger partial charge in [0.1, 0.15) is 0 Å². The molecule has 0 amide bonds. The van der Waals surface area contributed by atoms with E-state index in [4.69, 9.17) is 5.73 Å². The Hall–Kier alpha value is -0.780. The zero-order valence-electron chi connectivity index (χ0n) is 11.8. The van der Waals surface area contributed by atoms with Crippen molar-refractivity contribution >= 4 is 35.6 Å². The molecule has 0 aliphatic heterocycles. The van der Waals surface area contributed by atoms with Crippen molar-refractivity contribution in [2.45, 2.75) is 39.5 Å². The fourth-order valence-corrected chi connectivity index (χ4v) is 2.16. The number of hydrogen-bond acceptors (Lipinski definition) is 1. The first-order valence-corrected chi connectivity index (χ1v) is 6.79. The van der Waals surface area contributed by atoms with Gasteiger partial charge < -0.3 is 11.1 Å². The zero-order chi connectivity index (χ0) is 13.0. The lowest BCUT2D eigenvalue weighted by molar-refractivity contribution is 0.300. The van der Waals surface area contributed by atoms with E-state index in [1.807, 2.05) is 6.07 Å². The van der Waals surface area contributed by atoms with Crippen molar-refractivity contribution in [2.24, 2.45) is 16.6 Å². The molecule has 0 radical (unpaired) electrons. The highest BCUT2D eigenvalue weighted by atomic mass is 127. The summed E-state index contributed by atoms with van der Waals surface area (Å²) in [6.45, 7) is 5.05. The summed E-state index contributed by atoms with van der Waals surface area (Å²) in [7, 11) is 0. The number of nitrogens with one attached hydrogen (secondary N) is 1. The first-order valence-electron chi connectivity index (χ1n) is 6.79. The molecule has 0 atom stereocenters. The van der Waals surface area contributed by atoms with Gasteiger partial charge in [0.05, 0.1) is 0 Å². The van der Waals surface area contributed by atoms with E-state index in [1.54, 1.807) is 0 Å². The Morgan fingerprint density at radius 2 is 2.05 bits per heavy atom. The first-order chi connectivity index (χ1) is 8.65. The Morgan fingerprint density at radius 3 is 2.63 bits per heavy atom. The largest absolute Gasteiger partial charge is 0.370 e. The Kier molecular flexibility index (Phi) is 6.62. The third kappa shape index (κ3) is 5.01. The van der Waals surface area contributed by atoms with E-state index in [-0.39, 0.29) is 24.0 Å². The molecule has 0 saturated heterocycles. The average molecular weight is 373 g/mol. The molecule has 4 heteroatoms. The van der Waals surface area contributed by atoms with Gasteiger partial charge in [-0.3, -0.25) is 4.99 Å². The van der Waals surface area contributed by atoms with Crippen molar-refractivity contribution in [3.8, 4) is 0 Å². The number of aliphatic imine (C=N–C) groups is 1. The molecule has 0 heterocycles. The SMILES string of the molecule is Cc1ccc(NC(N)=NCCC2CCC2)cc1C.I. The minimum absolute atomic E-state index is 0. The normalized spacial score (nSPS) is 15.6. The fraction of sp³-hybridized carbons (Fsp3) is 0.533. The van der Waals surface area contributed by atoms with E-state index in [0.717, 1.165) is 18.2 Å². The summed E-state index contributed by atoms with van der Waals surface area (Å²) < 4.78 is 0. The number of guanidine groups is 1. The number of rotatable bonds is 4. The molecule has 0 bridgehead atoms. The Bertz CT molecular complexity index is 439. The molecule has 1 saturated carbocycles. The molecule has 19 heavy (non-hydrogen) atoms. The van der Waals surface area contributed by atoms with Gasteiger partial charge in [0.25, 0.3) is 0 Å². The Morgan fingerprint density at radius 1 is 1.32 bits per heavy atom. The number of benzene rings is 1. The lowest BCUT2D eigenvalue weighted by Gasteiger charge is -2.24. The second-order valence-corrected chi connectivity index (χ2v) is 5.28. The van der Waals surface area contributed by atoms with E-state index in [2.05, 4.69) is 36.3 Å². The van der Waals surface area contributed by atoms with Gasteiger partial charge >= 0.3 is 0 Å². The Balaban J connectivity index is 0.00000180. The van der Waals surface area contributed by atoms with Crippen LogP contribution >= 0.6 is 24.0 Å². The highest BCUT2D eigenvalue weighted by Crippen LogP contribution is 2.29. The monoisotopic (exact) mass is 373 g/mol. The molecule has 1 aromatic rings. The third-order valence-electron chi connectivity index (χ3n) is 3.82. The summed E-state index contributed by atoms with van der Waals surface area (Å²) >= 11 is 0. The summed E-state index contributed by atoms with van der Waals surface area (Å²) in [6, 6.07) is 6.24. The van der Waals surface area contributed by atoms with Gasteiger partial charge in [0.2, 0.25) is 0 Å². The van der Waals surface area contributed by atoms with Crippen LogP contribution in [0.25, 0.3) is 0 Å². The van der Waals surface area contributed by atoms with Crippen molar-refractivity contribution in [1.82, 2.24) is 0 Å². The highest BCUT2D eigenvalue weighted by Gasteiger charge is 2.16. The fourth-order valence-electron chi connectivity index (χ4n) is 2.16. The molecule has 0 spiro atoms. The average Bonchev–Trinajstić information content (AvgIpc) is 2.27. The number of anilines is 1. The standard InChI is InChI=1S/C15H23N3.HI/c1-11-6-7-14(10-12(11)2)18-15(16)17-9-8-13-4-3-5-13;/h6-7,10,13H,3-5,8-9H2,1-2H3,(H3,16,17,18);1H. The second-order valence-electron chi connectivity index (χ2n) is 5.28. The maximum atomic E-state index is 5.88. The van der Waals surface area contributed by atoms with Gasteiger partial charge in [-0.05, 0) is 49.4 Å². The van der Waals surface area contributed by atoms with Crippen LogP contribution in [0.1, 0.15) is 36.8 Å². The summed E-state index contributed by atoms with van der Waals surface area (Å²) in [5, 5.41) is 3.15. The van der Waals surface area contributed by atoms with E-state index in [9.17, 15) is 0 Å². The minimum atomic E-state index is 0. The molecule has 1 aromatic carbocycles. The van der Waals surface area contributed by atoms with Crippen molar-refractivity contribution in [1.29, 1.82) is 0 Å². The van der Waals surface area contributed by atoms with Crippen LogP contribution in [0.2, 0.25) is 0 Å².